The summed E-state index contributed by atoms with van der Waals surface area (Å²) in [5.74, 6) is -0.803. The van der Waals surface area contributed by atoms with Crippen molar-refractivity contribution < 1.29 is 19.6 Å². The number of benzene rings is 2. The van der Waals surface area contributed by atoms with E-state index in [1.807, 2.05) is 0 Å². The van der Waals surface area contributed by atoms with E-state index in [4.69, 9.17) is 4.74 Å². The zero-order valence-corrected chi connectivity index (χ0v) is 12.9. The second kappa shape index (κ2) is 6.44. The minimum Gasteiger partial charge on any atom is -0.871 e. The summed E-state index contributed by atoms with van der Waals surface area (Å²) < 4.78 is 5.74. The Labute approximate surface area is 133 Å². The molecule has 2 aromatic carbocycles. The molecule has 7 nitrogen and oxygen atoms in total. The molecular formula is C14H10BrN2O5-. The Morgan fingerprint density at radius 1 is 1.27 bits per heavy atom. The van der Waals surface area contributed by atoms with Gasteiger partial charge in [0.2, 0.25) is 0 Å². The van der Waals surface area contributed by atoms with Gasteiger partial charge in [-0.05, 0) is 18.2 Å². The highest BCUT2D eigenvalue weighted by Crippen LogP contribution is 2.28. The molecule has 2 rings (SSSR count). The van der Waals surface area contributed by atoms with Gasteiger partial charge in [0.25, 0.3) is 11.6 Å². The van der Waals surface area contributed by atoms with E-state index in [0.29, 0.717) is 10.2 Å². The number of hydrogen-bond donors (Lipinski definition) is 1. The molecule has 0 unspecified atom stereocenters. The number of nitrogens with zero attached hydrogens (tertiary/aromatic N) is 1. The maximum Gasteiger partial charge on any atom is 0.271 e. The fourth-order valence-electron chi connectivity index (χ4n) is 1.78. The van der Waals surface area contributed by atoms with E-state index in [0.717, 1.165) is 18.2 Å². The SMILES string of the molecule is COc1ccc(Br)cc1C(=O)Nc1cc([N+](=O)[O-])ccc1[O-]. The molecule has 2 aromatic rings. The lowest BCUT2D eigenvalue weighted by Crippen LogP contribution is -2.14. The number of hydrogen-bond acceptors (Lipinski definition) is 5. The molecule has 1 N–H and O–H groups in total. The minimum absolute atomic E-state index is 0.166. The van der Waals surface area contributed by atoms with Crippen LogP contribution < -0.4 is 15.2 Å². The minimum atomic E-state index is -0.644. The van der Waals surface area contributed by atoms with Gasteiger partial charge in [-0.15, -0.1) is 0 Å². The number of rotatable bonds is 4. The van der Waals surface area contributed by atoms with Crippen molar-refractivity contribution in [2.75, 3.05) is 12.4 Å². The van der Waals surface area contributed by atoms with Crippen molar-refractivity contribution in [3.8, 4) is 11.5 Å². The van der Waals surface area contributed by atoms with Crippen LogP contribution in [-0.4, -0.2) is 17.9 Å². The van der Waals surface area contributed by atoms with Gasteiger partial charge < -0.3 is 15.2 Å². The van der Waals surface area contributed by atoms with E-state index in [9.17, 15) is 20.0 Å². The van der Waals surface area contributed by atoms with Gasteiger partial charge in [-0.3, -0.25) is 14.9 Å². The van der Waals surface area contributed by atoms with Crippen molar-refractivity contribution >= 4 is 33.2 Å². The number of nitro groups is 1. The molecule has 1 amide bonds. The molecule has 8 heteroatoms. The smallest absolute Gasteiger partial charge is 0.271 e. The number of halogens is 1. The van der Waals surface area contributed by atoms with Crippen LogP contribution in [0.3, 0.4) is 0 Å². The molecule has 0 aromatic heterocycles. The average Bonchev–Trinajstić information content (AvgIpc) is 2.49. The highest BCUT2D eigenvalue weighted by Gasteiger charge is 2.15. The van der Waals surface area contributed by atoms with Crippen molar-refractivity contribution in [3.05, 3.63) is 56.5 Å². The van der Waals surface area contributed by atoms with E-state index >= 15 is 0 Å². The zero-order chi connectivity index (χ0) is 16.3. The van der Waals surface area contributed by atoms with Gasteiger partial charge >= 0.3 is 0 Å². The normalized spacial score (nSPS) is 10.1. The molecule has 0 fully saturated rings. The first kappa shape index (κ1) is 15.8. The van der Waals surface area contributed by atoms with E-state index < -0.39 is 16.6 Å². The quantitative estimate of drug-likeness (QED) is 0.662. The third kappa shape index (κ3) is 3.34. The van der Waals surface area contributed by atoms with Crippen LogP contribution in [0.15, 0.2) is 40.9 Å². The molecule has 114 valence electrons. The Morgan fingerprint density at radius 2 is 2.00 bits per heavy atom. The zero-order valence-electron chi connectivity index (χ0n) is 11.3. The summed E-state index contributed by atoms with van der Waals surface area (Å²) in [6.45, 7) is 0. The fourth-order valence-corrected chi connectivity index (χ4v) is 2.14. The summed E-state index contributed by atoms with van der Waals surface area (Å²) in [4.78, 5) is 22.3. The van der Waals surface area contributed by atoms with Crippen molar-refractivity contribution in [1.29, 1.82) is 0 Å². The topological polar surface area (TPSA) is 105 Å². The Bertz CT molecular complexity index is 748. The summed E-state index contributed by atoms with van der Waals surface area (Å²) in [5.41, 5.74) is -0.250. The Morgan fingerprint density at radius 3 is 2.64 bits per heavy atom. The maximum atomic E-state index is 12.3. The number of carbonyl (C=O) groups excluding carboxylic acids is 1. The predicted molar refractivity (Wildman–Crippen MR) is 81.2 cm³/mol. The van der Waals surface area contributed by atoms with Crippen LogP contribution in [0.1, 0.15) is 10.4 Å². The number of ether oxygens (including phenoxy) is 1. The summed E-state index contributed by atoms with van der Waals surface area (Å²) in [5, 5.41) is 24.8. The molecule has 0 radical (unpaired) electrons. The second-order valence-corrected chi connectivity index (χ2v) is 5.15. The Hall–Kier alpha value is -2.61. The van der Waals surface area contributed by atoms with Crippen LogP contribution in [-0.2, 0) is 0 Å². The van der Waals surface area contributed by atoms with Gasteiger partial charge in [0, 0.05) is 22.3 Å². The van der Waals surface area contributed by atoms with Crippen LogP contribution >= 0.6 is 15.9 Å². The first-order valence-electron chi connectivity index (χ1n) is 6.02. The number of anilines is 1. The number of amides is 1. The van der Waals surface area contributed by atoms with Crippen molar-refractivity contribution in [2.45, 2.75) is 0 Å². The molecule has 0 heterocycles. The lowest BCUT2D eigenvalue weighted by atomic mass is 10.1. The third-order valence-electron chi connectivity index (χ3n) is 2.83. The van der Waals surface area contributed by atoms with Gasteiger partial charge in [-0.1, -0.05) is 27.7 Å². The molecule has 0 spiro atoms. The first-order chi connectivity index (χ1) is 10.4. The highest BCUT2D eigenvalue weighted by atomic mass is 79.9. The third-order valence-corrected chi connectivity index (χ3v) is 3.32. The highest BCUT2D eigenvalue weighted by molar-refractivity contribution is 9.10. The monoisotopic (exact) mass is 365 g/mol. The van der Waals surface area contributed by atoms with Crippen LogP contribution in [0.4, 0.5) is 11.4 Å². The Kier molecular flexibility index (Phi) is 4.62. The average molecular weight is 366 g/mol. The number of methoxy groups -OCH3 is 1. The van der Waals surface area contributed by atoms with Crippen LogP contribution in [0.5, 0.6) is 11.5 Å². The van der Waals surface area contributed by atoms with Gasteiger partial charge in [0.1, 0.15) is 5.75 Å². The molecular weight excluding hydrogens is 356 g/mol. The molecule has 0 aliphatic carbocycles. The van der Waals surface area contributed by atoms with Crippen molar-refractivity contribution in [3.63, 3.8) is 0 Å². The number of carbonyl (C=O) groups is 1. The number of nitrogens with one attached hydrogen (secondary N) is 1. The fraction of sp³-hybridized carbons (Fsp3) is 0.0714. The van der Waals surface area contributed by atoms with Gasteiger partial charge in [0.15, 0.2) is 0 Å². The lowest BCUT2D eigenvalue weighted by Gasteiger charge is -2.15. The lowest BCUT2D eigenvalue weighted by molar-refractivity contribution is -0.385. The molecule has 22 heavy (non-hydrogen) atoms. The second-order valence-electron chi connectivity index (χ2n) is 4.24. The largest absolute Gasteiger partial charge is 0.871 e. The number of non-ortho nitro benzene ring substituents is 1. The van der Waals surface area contributed by atoms with Crippen LogP contribution in [0, 0.1) is 10.1 Å². The Balaban J connectivity index is 2.35. The molecule has 0 bridgehead atoms. The summed E-state index contributed by atoms with van der Waals surface area (Å²) in [7, 11) is 1.41. The van der Waals surface area contributed by atoms with Gasteiger partial charge in [-0.25, -0.2) is 0 Å². The van der Waals surface area contributed by atoms with Gasteiger partial charge in [0.05, 0.1) is 17.6 Å². The summed E-state index contributed by atoms with van der Waals surface area (Å²) in [6.07, 6.45) is 0. The van der Waals surface area contributed by atoms with E-state index in [-0.39, 0.29) is 16.9 Å². The van der Waals surface area contributed by atoms with Crippen LogP contribution in [0.25, 0.3) is 0 Å². The molecule has 0 saturated carbocycles. The standard InChI is InChI=1S/C14H11BrN2O5/c1-22-13-5-2-8(15)6-10(13)14(19)16-11-7-9(17(20)21)3-4-12(11)18/h2-7,18H,1H3,(H,16,19)/p-1. The summed E-state index contributed by atoms with van der Waals surface area (Å²) >= 11 is 3.24. The van der Waals surface area contributed by atoms with Crippen molar-refractivity contribution in [1.82, 2.24) is 0 Å². The molecule has 0 atom stereocenters. The summed E-state index contributed by atoms with van der Waals surface area (Å²) in [6, 6.07) is 7.94. The molecule has 0 saturated heterocycles. The predicted octanol–water partition coefficient (Wildman–Crippen LogP) is 2.69. The van der Waals surface area contributed by atoms with Crippen LogP contribution in [0.2, 0.25) is 0 Å². The van der Waals surface area contributed by atoms with E-state index in [1.165, 1.54) is 13.2 Å². The molecule has 0 aliphatic rings. The van der Waals surface area contributed by atoms with Gasteiger partial charge in [-0.2, -0.15) is 0 Å². The van der Waals surface area contributed by atoms with E-state index in [1.54, 1.807) is 12.1 Å². The van der Waals surface area contributed by atoms with Crippen molar-refractivity contribution in [2.24, 2.45) is 0 Å². The first-order valence-corrected chi connectivity index (χ1v) is 6.82. The molecule has 0 aliphatic heterocycles. The van der Waals surface area contributed by atoms with E-state index in [2.05, 4.69) is 21.2 Å². The number of nitro benzene ring substituents is 1. The maximum absolute atomic E-state index is 12.3.